The lowest BCUT2D eigenvalue weighted by Gasteiger charge is -2.17. The van der Waals surface area contributed by atoms with Crippen LogP contribution in [0.2, 0.25) is 0 Å². The van der Waals surface area contributed by atoms with Gasteiger partial charge in [0.1, 0.15) is 16.4 Å². The largest absolute Gasteiger partial charge is 0.360 e. The number of nitrogens with zero attached hydrogens (tertiary/aromatic N) is 2. The first-order chi connectivity index (χ1) is 11.6. The van der Waals surface area contributed by atoms with E-state index in [0.717, 1.165) is 28.6 Å². The molecule has 0 bridgehead atoms. The number of rotatable bonds is 7. The van der Waals surface area contributed by atoms with Gasteiger partial charge in [-0.3, -0.25) is 0 Å². The van der Waals surface area contributed by atoms with Crippen molar-refractivity contribution < 1.29 is 25.7 Å². The van der Waals surface area contributed by atoms with Crippen molar-refractivity contribution >= 4 is 20.0 Å². The summed E-state index contributed by atoms with van der Waals surface area (Å²) in [6.07, 6.45) is 0. The molecule has 11 heteroatoms. The maximum absolute atomic E-state index is 12.9. The fourth-order valence-electron chi connectivity index (χ4n) is 2.15. The Hall–Kier alpha value is -1.82. The minimum Gasteiger partial charge on any atom is -0.360 e. The van der Waals surface area contributed by atoms with E-state index in [4.69, 9.17) is 4.52 Å². The first-order valence-corrected chi connectivity index (χ1v) is 10.1. The Bertz CT molecular complexity index is 933. The van der Waals surface area contributed by atoms with Crippen LogP contribution < -0.4 is 4.72 Å². The van der Waals surface area contributed by atoms with E-state index < -0.39 is 25.9 Å². The van der Waals surface area contributed by atoms with E-state index in [1.54, 1.807) is 0 Å². The Morgan fingerprint density at radius 2 is 1.76 bits per heavy atom. The molecule has 0 aliphatic carbocycles. The van der Waals surface area contributed by atoms with E-state index in [2.05, 4.69) is 9.88 Å². The topological polar surface area (TPSA) is 110 Å². The van der Waals surface area contributed by atoms with Crippen molar-refractivity contribution in [3.8, 4) is 0 Å². The third-order valence-corrected chi connectivity index (χ3v) is 7.06. The number of halogens is 1. The van der Waals surface area contributed by atoms with Gasteiger partial charge in [0.15, 0.2) is 5.76 Å². The van der Waals surface area contributed by atoms with Gasteiger partial charge in [-0.15, -0.1) is 0 Å². The number of likely N-dealkylation sites (N-methyl/N-ethyl adjacent to an activating group) is 1. The SMILES string of the molecule is Cc1noc(C)c1S(=O)(=O)N(C)CCNS(=O)(=O)c1ccc(F)cc1. The third kappa shape index (κ3) is 4.24. The number of benzene rings is 1. The zero-order valence-corrected chi connectivity index (χ0v) is 15.5. The van der Waals surface area contributed by atoms with Crippen LogP contribution in [0.1, 0.15) is 11.5 Å². The van der Waals surface area contributed by atoms with E-state index in [9.17, 15) is 21.2 Å². The molecule has 0 saturated carbocycles. The molecule has 1 aromatic carbocycles. The third-order valence-electron chi connectivity index (χ3n) is 3.48. The highest BCUT2D eigenvalue weighted by molar-refractivity contribution is 7.89. The summed E-state index contributed by atoms with van der Waals surface area (Å²) in [5, 5.41) is 3.61. The molecule has 0 aliphatic rings. The van der Waals surface area contributed by atoms with Crippen LogP contribution in [-0.4, -0.2) is 46.4 Å². The van der Waals surface area contributed by atoms with Gasteiger partial charge in [0.25, 0.3) is 0 Å². The van der Waals surface area contributed by atoms with Crippen LogP contribution in [0.25, 0.3) is 0 Å². The molecule has 25 heavy (non-hydrogen) atoms. The van der Waals surface area contributed by atoms with Gasteiger partial charge in [-0.05, 0) is 38.1 Å². The highest BCUT2D eigenvalue weighted by atomic mass is 32.2. The molecule has 2 aromatic rings. The van der Waals surface area contributed by atoms with Crippen LogP contribution in [0.15, 0.2) is 38.6 Å². The highest BCUT2D eigenvalue weighted by Gasteiger charge is 2.28. The predicted octanol–water partition coefficient (Wildman–Crippen LogP) is 1.03. The Labute approximate surface area is 145 Å². The molecule has 1 heterocycles. The number of nitrogens with one attached hydrogen (secondary N) is 1. The minimum atomic E-state index is -3.86. The fourth-order valence-corrected chi connectivity index (χ4v) is 4.63. The molecule has 1 N–H and O–H groups in total. The van der Waals surface area contributed by atoms with E-state index in [0.29, 0.717) is 0 Å². The van der Waals surface area contributed by atoms with Crippen LogP contribution in [0.5, 0.6) is 0 Å². The smallest absolute Gasteiger partial charge is 0.248 e. The molecule has 0 atom stereocenters. The molecular weight excluding hydrogens is 373 g/mol. The summed E-state index contributed by atoms with van der Waals surface area (Å²) in [5.74, 6) is -0.388. The molecule has 0 radical (unpaired) electrons. The van der Waals surface area contributed by atoms with Crippen molar-refractivity contribution in [1.29, 1.82) is 0 Å². The zero-order valence-electron chi connectivity index (χ0n) is 13.9. The van der Waals surface area contributed by atoms with Crippen LogP contribution in [0.3, 0.4) is 0 Å². The minimum absolute atomic E-state index is 0.0311. The summed E-state index contributed by atoms with van der Waals surface area (Å²) in [5.41, 5.74) is 0.233. The Morgan fingerprint density at radius 3 is 2.28 bits per heavy atom. The molecule has 1 aromatic heterocycles. The Kier molecular flexibility index (Phi) is 5.62. The van der Waals surface area contributed by atoms with Gasteiger partial charge in [0.05, 0.1) is 4.90 Å². The summed E-state index contributed by atoms with van der Waals surface area (Å²) >= 11 is 0. The molecule has 0 spiro atoms. The van der Waals surface area contributed by atoms with Gasteiger partial charge in [0.2, 0.25) is 20.0 Å². The standard InChI is InChI=1S/C14H18FN3O5S2/c1-10-14(11(2)23-17-10)25(21,22)18(3)9-8-16-24(19,20)13-6-4-12(15)5-7-13/h4-7,16H,8-9H2,1-3H3. The van der Waals surface area contributed by atoms with Crippen LogP contribution >= 0.6 is 0 Å². The van der Waals surface area contributed by atoms with Crippen molar-refractivity contribution in [3.63, 3.8) is 0 Å². The average molecular weight is 391 g/mol. The number of sulfonamides is 2. The van der Waals surface area contributed by atoms with E-state index >= 15 is 0 Å². The molecule has 0 amide bonds. The molecule has 8 nitrogen and oxygen atoms in total. The van der Waals surface area contributed by atoms with Gasteiger partial charge in [0, 0.05) is 20.1 Å². The van der Waals surface area contributed by atoms with Gasteiger partial charge in [-0.1, -0.05) is 5.16 Å². The summed E-state index contributed by atoms with van der Waals surface area (Å²) in [4.78, 5) is -0.137. The lowest BCUT2D eigenvalue weighted by molar-refractivity contribution is 0.389. The second-order valence-electron chi connectivity index (χ2n) is 5.33. The van der Waals surface area contributed by atoms with E-state index in [1.807, 2.05) is 0 Å². The van der Waals surface area contributed by atoms with E-state index in [-0.39, 0.29) is 34.3 Å². The maximum atomic E-state index is 12.9. The monoisotopic (exact) mass is 391 g/mol. The van der Waals surface area contributed by atoms with Crippen molar-refractivity contribution in [2.75, 3.05) is 20.1 Å². The van der Waals surface area contributed by atoms with Crippen molar-refractivity contribution in [2.24, 2.45) is 0 Å². The second kappa shape index (κ2) is 7.20. The highest BCUT2D eigenvalue weighted by Crippen LogP contribution is 2.22. The molecule has 2 rings (SSSR count). The number of aryl methyl sites for hydroxylation is 2. The van der Waals surface area contributed by atoms with Crippen LogP contribution in [-0.2, 0) is 20.0 Å². The molecule has 0 fully saturated rings. The number of hydrogen-bond donors (Lipinski definition) is 1. The Balaban J connectivity index is 2.05. The average Bonchev–Trinajstić information content (AvgIpc) is 2.87. The number of hydrogen-bond acceptors (Lipinski definition) is 6. The molecule has 0 saturated heterocycles. The van der Waals surface area contributed by atoms with Crippen molar-refractivity contribution in [2.45, 2.75) is 23.6 Å². The van der Waals surface area contributed by atoms with E-state index in [1.165, 1.54) is 20.9 Å². The van der Waals surface area contributed by atoms with Crippen LogP contribution in [0, 0.1) is 19.7 Å². The normalized spacial score (nSPS) is 12.7. The predicted molar refractivity (Wildman–Crippen MR) is 87.4 cm³/mol. The van der Waals surface area contributed by atoms with Gasteiger partial charge >= 0.3 is 0 Å². The molecular formula is C14H18FN3O5S2. The molecule has 138 valence electrons. The summed E-state index contributed by atoms with van der Waals surface area (Å²) in [6, 6.07) is 4.31. The number of aromatic nitrogens is 1. The first-order valence-electron chi connectivity index (χ1n) is 7.20. The Morgan fingerprint density at radius 1 is 1.16 bits per heavy atom. The zero-order chi connectivity index (χ0) is 18.8. The summed E-state index contributed by atoms with van der Waals surface area (Å²) in [6.45, 7) is 2.73. The van der Waals surface area contributed by atoms with Gasteiger partial charge < -0.3 is 4.52 Å². The quantitative estimate of drug-likeness (QED) is 0.755. The van der Waals surface area contributed by atoms with Crippen molar-refractivity contribution in [1.82, 2.24) is 14.2 Å². The van der Waals surface area contributed by atoms with Gasteiger partial charge in [-0.25, -0.2) is 25.9 Å². The first kappa shape index (κ1) is 19.5. The second-order valence-corrected chi connectivity index (χ2v) is 9.08. The van der Waals surface area contributed by atoms with Gasteiger partial charge in [-0.2, -0.15) is 4.31 Å². The maximum Gasteiger partial charge on any atom is 0.248 e. The molecule has 0 aliphatic heterocycles. The fraction of sp³-hybridized carbons (Fsp3) is 0.357. The lowest BCUT2D eigenvalue weighted by atomic mass is 10.4. The molecule has 0 unspecified atom stereocenters. The summed E-state index contributed by atoms with van der Waals surface area (Å²) < 4.78 is 70.2. The van der Waals surface area contributed by atoms with Crippen LogP contribution in [0.4, 0.5) is 4.39 Å². The lowest BCUT2D eigenvalue weighted by Crippen LogP contribution is -2.36. The van der Waals surface area contributed by atoms with Crippen molar-refractivity contribution in [3.05, 3.63) is 41.5 Å². The summed E-state index contributed by atoms with van der Waals surface area (Å²) in [7, 11) is -6.38.